The van der Waals surface area contributed by atoms with Crippen LogP contribution in [0.15, 0.2) is 0 Å². The average Bonchev–Trinajstić information content (AvgIpc) is 1.59. The fourth-order valence-electron chi connectivity index (χ4n) is 2.31. The van der Waals surface area contributed by atoms with Gasteiger partial charge in [0.2, 0.25) is 0 Å². The summed E-state index contributed by atoms with van der Waals surface area (Å²) >= 11 is -1.14. The van der Waals surface area contributed by atoms with Gasteiger partial charge in [-0.1, -0.05) is 0 Å². The number of hydrogen-bond donors (Lipinski definition) is 0. The first-order chi connectivity index (χ1) is 4.46. The van der Waals surface area contributed by atoms with Crippen LogP contribution in [-0.2, 0) is 0 Å². The zero-order valence-corrected chi connectivity index (χ0v) is 11.6. The molecule has 0 radical (unpaired) electrons. The second-order valence-electron chi connectivity index (χ2n) is 4.31. The molecule has 0 saturated heterocycles. The van der Waals surface area contributed by atoms with Crippen LogP contribution >= 0.6 is 0 Å². The molecule has 0 bridgehead atoms. The van der Waals surface area contributed by atoms with Crippen molar-refractivity contribution in [2.75, 3.05) is 0 Å². The molecule has 0 N–H and O–H groups in total. The first kappa shape index (κ1) is 10.9. The Labute approximate surface area is 73.9 Å². The summed E-state index contributed by atoms with van der Waals surface area (Å²) in [6.45, 7) is 14.5. The Hall–Kier alpha value is 0.870. The van der Waals surface area contributed by atoms with Crippen molar-refractivity contribution in [1.82, 2.24) is 0 Å². The zero-order chi connectivity index (χ0) is 8.31. The van der Waals surface area contributed by atoms with Gasteiger partial charge in [0.25, 0.3) is 0 Å². The molecule has 0 nitrogen and oxygen atoms in total. The van der Waals surface area contributed by atoms with E-state index in [2.05, 4.69) is 41.5 Å². The molecule has 0 aromatic heterocycles. The SMILES string of the molecule is C[CH](C)[In]([CH](C)C)[CH](C)C. The average molecular weight is 244 g/mol. The minimum absolute atomic E-state index is 1.04. The van der Waals surface area contributed by atoms with Crippen molar-refractivity contribution in [2.45, 2.75) is 52.6 Å². The van der Waals surface area contributed by atoms with E-state index in [9.17, 15) is 0 Å². The molecule has 10 heavy (non-hydrogen) atoms. The van der Waals surface area contributed by atoms with Crippen LogP contribution in [-0.4, -0.2) is 21.4 Å². The predicted octanol–water partition coefficient (Wildman–Crippen LogP) is 3.71. The van der Waals surface area contributed by atoms with E-state index in [1.807, 2.05) is 0 Å². The van der Waals surface area contributed by atoms with E-state index in [0.29, 0.717) is 0 Å². The van der Waals surface area contributed by atoms with Crippen molar-refractivity contribution in [3.05, 3.63) is 0 Å². The third-order valence-electron chi connectivity index (χ3n) is 2.31. The molecule has 0 unspecified atom stereocenters. The van der Waals surface area contributed by atoms with Gasteiger partial charge < -0.3 is 0 Å². The molecule has 0 atom stereocenters. The van der Waals surface area contributed by atoms with E-state index in [-0.39, 0.29) is 0 Å². The summed E-state index contributed by atoms with van der Waals surface area (Å²) < 4.78 is 3.13. The van der Waals surface area contributed by atoms with E-state index >= 15 is 0 Å². The van der Waals surface area contributed by atoms with E-state index in [4.69, 9.17) is 0 Å². The standard InChI is InChI=1S/3C3H7.In/c3*1-3-2;/h3*3H,1-2H3;. The van der Waals surface area contributed by atoms with E-state index in [0.717, 1.165) is 11.0 Å². The van der Waals surface area contributed by atoms with Gasteiger partial charge in [-0.3, -0.25) is 0 Å². The summed E-state index contributed by atoms with van der Waals surface area (Å²) in [5.74, 6) is 0. The van der Waals surface area contributed by atoms with Crippen molar-refractivity contribution < 1.29 is 0 Å². The molecule has 60 valence electrons. The van der Waals surface area contributed by atoms with Crippen molar-refractivity contribution in [3.8, 4) is 0 Å². The van der Waals surface area contributed by atoms with Crippen molar-refractivity contribution in [1.29, 1.82) is 0 Å². The van der Waals surface area contributed by atoms with Crippen LogP contribution in [0.25, 0.3) is 0 Å². The van der Waals surface area contributed by atoms with Gasteiger partial charge in [-0.15, -0.1) is 0 Å². The van der Waals surface area contributed by atoms with E-state index in [1.165, 1.54) is 0 Å². The topological polar surface area (TPSA) is 0 Å². The molecule has 0 aliphatic heterocycles. The monoisotopic (exact) mass is 244 g/mol. The second kappa shape index (κ2) is 4.69. The van der Waals surface area contributed by atoms with Crippen LogP contribution in [0.3, 0.4) is 0 Å². The van der Waals surface area contributed by atoms with Gasteiger partial charge in [-0.2, -0.15) is 0 Å². The zero-order valence-electron chi connectivity index (χ0n) is 8.31. The van der Waals surface area contributed by atoms with Gasteiger partial charge in [0.15, 0.2) is 0 Å². The third kappa shape index (κ3) is 3.32. The molecule has 0 heterocycles. The van der Waals surface area contributed by atoms with Crippen LogP contribution < -0.4 is 0 Å². The molecule has 0 aromatic rings. The Morgan fingerprint density at radius 2 is 0.800 bits per heavy atom. The first-order valence-electron chi connectivity index (χ1n) is 4.46. The van der Waals surface area contributed by atoms with Crippen LogP contribution in [0.4, 0.5) is 0 Å². The van der Waals surface area contributed by atoms with Crippen molar-refractivity contribution >= 4 is 21.4 Å². The van der Waals surface area contributed by atoms with E-state index in [1.54, 1.807) is 0 Å². The van der Waals surface area contributed by atoms with Crippen LogP contribution in [0.5, 0.6) is 0 Å². The Morgan fingerprint density at radius 1 is 0.600 bits per heavy atom. The van der Waals surface area contributed by atoms with Gasteiger partial charge in [-0.05, 0) is 0 Å². The molecule has 0 aliphatic carbocycles. The van der Waals surface area contributed by atoms with Crippen molar-refractivity contribution in [2.24, 2.45) is 0 Å². The fourth-order valence-corrected chi connectivity index (χ4v) is 15.5. The van der Waals surface area contributed by atoms with Gasteiger partial charge in [0.1, 0.15) is 0 Å². The molecule has 0 rings (SSSR count). The summed E-state index contributed by atoms with van der Waals surface area (Å²) in [4.78, 5) is 0. The maximum absolute atomic E-state index is 2.42. The molecule has 0 spiro atoms. The molecule has 0 fully saturated rings. The second-order valence-corrected chi connectivity index (χ2v) is 19.0. The number of hydrogen-bond acceptors (Lipinski definition) is 0. The molecular weight excluding hydrogens is 223 g/mol. The first-order valence-corrected chi connectivity index (χ1v) is 10.2. The molecule has 1 heteroatoms. The summed E-state index contributed by atoms with van der Waals surface area (Å²) in [6.07, 6.45) is 0. The molecule has 0 aromatic carbocycles. The molecule has 0 amide bonds. The quantitative estimate of drug-likeness (QED) is 0.709. The molecular formula is C9H21In. The van der Waals surface area contributed by atoms with Gasteiger partial charge in [0, 0.05) is 0 Å². The van der Waals surface area contributed by atoms with Crippen molar-refractivity contribution in [3.63, 3.8) is 0 Å². The normalized spacial score (nSPS) is 11.7. The van der Waals surface area contributed by atoms with Crippen LogP contribution in [0.1, 0.15) is 41.5 Å². The van der Waals surface area contributed by atoms with E-state index < -0.39 is 21.4 Å². The Kier molecular flexibility index (Phi) is 5.10. The summed E-state index contributed by atoms with van der Waals surface area (Å²) in [5, 5.41) is 0. The predicted molar refractivity (Wildman–Crippen MR) is 51.0 cm³/mol. The van der Waals surface area contributed by atoms with Crippen LogP contribution in [0.2, 0.25) is 11.0 Å². The summed E-state index contributed by atoms with van der Waals surface area (Å²) in [6, 6.07) is 0. The summed E-state index contributed by atoms with van der Waals surface area (Å²) in [7, 11) is 0. The summed E-state index contributed by atoms with van der Waals surface area (Å²) in [5.41, 5.74) is 0. The molecule has 0 aliphatic rings. The number of rotatable bonds is 3. The minimum atomic E-state index is -1.14. The van der Waals surface area contributed by atoms with Gasteiger partial charge in [0.05, 0.1) is 0 Å². The van der Waals surface area contributed by atoms with Crippen LogP contribution in [0, 0.1) is 0 Å². The Balaban J connectivity index is 3.98. The molecule has 0 saturated carbocycles. The van der Waals surface area contributed by atoms with Gasteiger partial charge >= 0.3 is 74.0 Å². The third-order valence-corrected chi connectivity index (χ3v) is 15.5. The fraction of sp³-hybridized carbons (Fsp3) is 1.00. The Bertz CT molecular complexity index is 65.7. The Morgan fingerprint density at radius 3 is 0.800 bits per heavy atom. The van der Waals surface area contributed by atoms with Gasteiger partial charge in [-0.25, -0.2) is 0 Å². The maximum atomic E-state index is 2.42.